The van der Waals surface area contributed by atoms with E-state index in [1.807, 2.05) is 136 Å². The van der Waals surface area contributed by atoms with Crippen LogP contribution in [0.2, 0.25) is 10.0 Å². The zero-order valence-corrected chi connectivity index (χ0v) is 47.9. The van der Waals surface area contributed by atoms with Crippen molar-refractivity contribution in [2.75, 3.05) is 43.1 Å². The van der Waals surface area contributed by atoms with Crippen LogP contribution in [0.15, 0.2) is 94.5 Å². The van der Waals surface area contributed by atoms with Crippen LogP contribution in [0.3, 0.4) is 0 Å². The summed E-state index contributed by atoms with van der Waals surface area (Å²) in [6, 6.07) is 26.5. The summed E-state index contributed by atoms with van der Waals surface area (Å²) >= 11 is 13.1. The highest BCUT2D eigenvalue weighted by Crippen LogP contribution is 2.33. The van der Waals surface area contributed by atoms with Gasteiger partial charge in [-0.05, 0) is 114 Å². The summed E-state index contributed by atoms with van der Waals surface area (Å²) in [4.78, 5) is 67.1. The number of piperidine rings is 2. The molecular formula is C59H70Cl2N10O8. The van der Waals surface area contributed by atoms with E-state index in [4.69, 9.17) is 47.4 Å². The summed E-state index contributed by atoms with van der Waals surface area (Å²) in [5, 5.41) is 18.6. The number of nitrogens with zero attached hydrogens (tertiary/aromatic N) is 8. The highest BCUT2D eigenvalue weighted by molar-refractivity contribution is 6.31. The number of halogens is 2. The molecule has 0 spiro atoms. The Balaban J connectivity index is 0.000000192. The molecule has 79 heavy (non-hydrogen) atoms. The van der Waals surface area contributed by atoms with Gasteiger partial charge in [0.15, 0.2) is 0 Å². The Morgan fingerprint density at radius 1 is 0.646 bits per heavy atom. The second-order valence-corrected chi connectivity index (χ2v) is 23.3. The molecule has 0 radical (unpaired) electrons. The average Bonchev–Trinajstić information content (AvgIpc) is 4.19. The molecule has 0 unspecified atom stereocenters. The molecule has 2 fully saturated rings. The van der Waals surface area contributed by atoms with Crippen LogP contribution in [-0.4, -0.2) is 102 Å². The van der Waals surface area contributed by atoms with Gasteiger partial charge < -0.3 is 58.0 Å². The molecular weight excluding hydrogens is 1050 g/mol. The number of aliphatic hydroxyl groups excluding tert-OH is 1. The third-order valence-corrected chi connectivity index (χ3v) is 14.9. The fourth-order valence-electron chi connectivity index (χ4n) is 10.6. The van der Waals surface area contributed by atoms with E-state index >= 15 is 0 Å². The third-order valence-electron chi connectivity index (χ3n) is 14.2. The smallest absolute Gasteiger partial charge is 0.407 e. The first-order valence-corrected chi connectivity index (χ1v) is 27.5. The van der Waals surface area contributed by atoms with Crippen molar-refractivity contribution in [2.24, 2.45) is 14.1 Å². The number of hydrogen-bond donors (Lipinski definition) is 3. The van der Waals surface area contributed by atoms with Gasteiger partial charge in [-0.2, -0.15) is 0 Å². The molecule has 18 nitrogen and oxygen atoms in total. The number of fused-ring (bicyclic) bond motifs is 6. The molecule has 0 bridgehead atoms. The van der Waals surface area contributed by atoms with Crippen molar-refractivity contribution in [1.29, 1.82) is 0 Å². The van der Waals surface area contributed by atoms with Gasteiger partial charge in [-0.1, -0.05) is 83.9 Å². The molecule has 2 atom stereocenters. The number of carbonyl (C=O) groups excluding carboxylic acids is 2. The first-order valence-electron chi connectivity index (χ1n) is 26.7. The first kappa shape index (κ1) is 56.6. The van der Waals surface area contributed by atoms with E-state index in [-0.39, 0.29) is 29.8 Å². The highest BCUT2D eigenvalue weighted by Gasteiger charge is 2.31. The van der Waals surface area contributed by atoms with E-state index in [9.17, 15) is 24.3 Å². The van der Waals surface area contributed by atoms with Crippen molar-refractivity contribution in [3.63, 3.8) is 0 Å². The Labute approximate surface area is 468 Å². The number of pyridine rings is 2. The van der Waals surface area contributed by atoms with Gasteiger partial charge in [0, 0.05) is 80.3 Å². The zero-order chi connectivity index (χ0) is 56.5. The van der Waals surface area contributed by atoms with Gasteiger partial charge >= 0.3 is 12.2 Å². The number of rotatable bonds is 11. The van der Waals surface area contributed by atoms with Crippen LogP contribution in [0.1, 0.15) is 89.5 Å². The Bertz CT molecular complexity index is 3700. The van der Waals surface area contributed by atoms with E-state index in [2.05, 4.69) is 20.4 Å². The van der Waals surface area contributed by atoms with Gasteiger partial charge in [-0.25, -0.2) is 19.6 Å². The van der Waals surface area contributed by atoms with Crippen LogP contribution in [0.5, 0.6) is 0 Å². The first-order chi connectivity index (χ1) is 37.6. The van der Waals surface area contributed by atoms with E-state index in [1.165, 1.54) is 0 Å². The number of aromatic nitrogens is 6. The van der Waals surface area contributed by atoms with Crippen LogP contribution < -0.4 is 31.6 Å². The number of alkyl carbamates (subject to hydrolysis) is 2. The molecule has 2 aliphatic rings. The molecule has 2 amide bonds. The molecule has 4 aromatic heterocycles. The Hall–Kier alpha value is -7.12. The fourth-order valence-corrected chi connectivity index (χ4v) is 11.0. The Kier molecular flexibility index (Phi) is 16.7. The summed E-state index contributed by atoms with van der Waals surface area (Å²) < 4.78 is 23.5. The molecule has 2 saturated heterocycles. The molecule has 6 heterocycles. The fraction of sp³-hybridized carbons (Fsp3) is 0.424. The predicted molar refractivity (Wildman–Crippen MR) is 312 cm³/mol. The van der Waals surface area contributed by atoms with Gasteiger partial charge in [0.05, 0.1) is 37.3 Å². The Morgan fingerprint density at radius 3 is 1.47 bits per heavy atom. The lowest BCUT2D eigenvalue weighted by atomic mass is 10.1. The zero-order valence-electron chi connectivity index (χ0n) is 46.4. The standard InChI is InChI=1S/C30H36ClN5O4.C29H34ClN5O4/c1-30(2,3)40-29(38)32-21-10-8-14-35(17-21)28-33-25-22-13-12-19(18-39-5)15-24(22)34(4)27(37)26(25)36(28)16-20-9-6-7-11-23(20)31;1-29(2,3)39-28(38)31-20-9-7-13-34(16-20)27-32-24-21-12-11-18(17-36)14-23(21)33(4)26(37)25(24)35(27)15-19-8-5-6-10-22(19)30/h6-7,9,11-13,15,21H,8,10,14,16-18H2,1-5H3,(H,32,38);5-6,8,10-12,14,20,36H,7,9,13,15-17H2,1-4H3,(H,31,38)/t21-;20-/m11/s1. The molecule has 2 aliphatic heterocycles. The van der Waals surface area contributed by atoms with E-state index in [1.54, 1.807) is 30.3 Å². The van der Waals surface area contributed by atoms with Crippen LogP contribution in [0.4, 0.5) is 21.5 Å². The van der Waals surface area contributed by atoms with Crippen LogP contribution >= 0.6 is 23.2 Å². The van der Waals surface area contributed by atoms with E-state index < -0.39 is 23.4 Å². The normalized spacial score (nSPS) is 16.1. The number of anilines is 2. The highest BCUT2D eigenvalue weighted by atomic mass is 35.5. The van der Waals surface area contributed by atoms with Gasteiger partial charge in [-0.3, -0.25) is 9.59 Å². The molecule has 20 heteroatoms. The number of carbonyl (C=O) groups is 2. The second-order valence-electron chi connectivity index (χ2n) is 22.5. The lowest BCUT2D eigenvalue weighted by Gasteiger charge is -2.34. The van der Waals surface area contributed by atoms with Crippen molar-refractivity contribution in [3.8, 4) is 0 Å². The van der Waals surface area contributed by atoms with Crippen molar-refractivity contribution >= 4 is 91.2 Å². The van der Waals surface area contributed by atoms with Gasteiger partial charge in [-0.15, -0.1) is 0 Å². The third kappa shape index (κ3) is 12.5. The maximum absolute atomic E-state index is 13.9. The average molecular weight is 1120 g/mol. The summed E-state index contributed by atoms with van der Waals surface area (Å²) in [5.74, 6) is 1.33. The molecule has 0 aliphatic carbocycles. The molecule has 418 valence electrons. The number of hydrogen-bond acceptors (Lipinski definition) is 12. The summed E-state index contributed by atoms with van der Waals surface area (Å²) in [7, 11) is 5.17. The summed E-state index contributed by atoms with van der Waals surface area (Å²) in [6.07, 6.45) is 2.46. The summed E-state index contributed by atoms with van der Waals surface area (Å²) in [6.45, 7) is 14.7. The molecule has 3 N–H and O–H groups in total. The lowest BCUT2D eigenvalue weighted by Crippen LogP contribution is -2.49. The van der Waals surface area contributed by atoms with Crippen molar-refractivity contribution in [3.05, 3.63) is 138 Å². The minimum atomic E-state index is -0.585. The number of methoxy groups -OCH3 is 1. The minimum Gasteiger partial charge on any atom is -0.444 e. The Morgan fingerprint density at radius 2 is 1.06 bits per heavy atom. The molecule has 0 saturated carbocycles. The van der Waals surface area contributed by atoms with Crippen molar-refractivity contribution < 1.29 is 28.9 Å². The number of nitrogens with one attached hydrogen (secondary N) is 2. The second kappa shape index (κ2) is 23.3. The number of amides is 2. The molecule has 10 rings (SSSR count). The van der Waals surface area contributed by atoms with Crippen molar-refractivity contribution in [1.82, 2.24) is 38.9 Å². The van der Waals surface area contributed by atoms with Crippen LogP contribution in [0, 0.1) is 0 Å². The maximum atomic E-state index is 13.9. The quantitative estimate of drug-likeness (QED) is 0.111. The van der Waals surface area contributed by atoms with Gasteiger partial charge in [0.25, 0.3) is 11.1 Å². The topological polar surface area (TPSA) is 192 Å². The SMILES string of the molecule is COCc1ccc2c3nc(N4CCC[C@@H](NC(=O)OC(C)(C)C)C4)n(Cc4ccccc4Cl)c3c(=O)n(C)c2c1.Cn1c(=O)c2c(nc(N3CCC[C@@H](NC(=O)OC(C)(C)C)C3)n2Cc2ccccc2Cl)c2ccc(CO)cc21. The number of aliphatic hydroxyl groups is 1. The van der Waals surface area contributed by atoms with E-state index in [0.717, 1.165) is 77.3 Å². The van der Waals surface area contributed by atoms with Gasteiger partial charge in [0.1, 0.15) is 33.3 Å². The van der Waals surface area contributed by atoms with Crippen molar-refractivity contribution in [2.45, 2.75) is 117 Å². The van der Waals surface area contributed by atoms with Crippen LogP contribution in [0.25, 0.3) is 43.9 Å². The number of ether oxygens (including phenoxy) is 3. The number of aryl methyl sites for hydroxylation is 2. The largest absolute Gasteiger partial charge is 0.444 e. The van der Waals surface area contributed by atoms with Gasteiger partial charge in [0.2, 0.25) is 11.9 Å². The molecule has 8 aromatic rings. The monoisotopic (exact) mass is 1120 g/mol. The summed E-state index contributed by atoms with van der Waals surface area (Å²) in [5.41, 5.74) is 5.73. The number of benzene rings is 4. The number of imidazole rings is 2. The van der Waals surface area contributed by atoms with Crippen LogP contribution in [-0.2, 0) is 54.6 Å². The van der Waals surface area contributed by atoms with E-state index in [0.29, 0.717) is 82.3 Å². The molecule has 4 aromatic carbocycles. The lowest BCUT2D eigenvalue weighted by molar-refractivity contribution is 0.0488. The minimum absolute atomic E-state index is 0.117. The maximum Gasteiger partial charge on any atom is 0.407 e. The predicted octanol–water partition coefficient (Wildman–Crippen LogP) is 9.81.